The highest BCUT2D eigenvalue weighted by atomic mass is 32.2. The van der Waals surface area contributed by atoms with Crippen molar-refractivity contribution in [3.63, 3.8) is 0 Å². The van der Waals surface area contributed by atoms with E-state index in [1.165, 1.54) is 25.1 Å². The molecule has 90 valence electrons. The first-order chi connectivity index (χ1) is 7.85. The van der Waals surface area contributed by atoms with Crippen molar-refractivity contribution in [1.29, 1.82) is 0 Å². The van der Waals surface area contributed by atoms with Crippen LogP contribution in [0, 0.1) is 0 Å². The van der Waals surface area contributed by atoms with Crippen molar-refractivity contribution in [2.45, 2.75) is 17.1 Å². The molecule has 1 amide bonds. The average Bonchev–Trinajstić information content (AvgIpc) is 2.25. The van der Waals surface area contributed by atoms with Crippen molar-refractivity contribution in [3.8, 4) is 0 Å². The third-order valence-electron chi connectivity index (χ3n) is 2.62. The molecule has 1 aromatic carbocycles. The molecular weight excluding hydrogens is 246 g/mol. The Hall–Kier alpha value is -1.89. The molecule has 7 heteroatoms. The van der Waals surface area contributed by atoms with Gasteiger partial charge < -0.3 is 10.4 Å². The molecule has 2 N–H and O–H groups in total. The van der Waals surface area contributed by atoms with E-state index >= 15 is 0 Å². The fourth-order valence-corrected chi connectivity index (χ4v) is 3.24. The monoisotopic (exact) mass is 255 g/mol. The van der Waals surface area contributed by atoms with E-state index in [-0.39, 0.29) is 16.1 Å². The lowest BCUT2D eigenvalue weighted by molar-refractivity contribution is -0.115. The molecule has 17 heavy (non-hydrogen) atoms. The molecule has 1 aliphatic heterocycles. The first kappa shape index (κ1) is 11.6. The Balaban J connectivity index is 2.82. The molecule has 0 radical (unpaired) electrons. The van der Waals surface area contributed by atoms with Crippen LogP contribution in [-0.4, -0.2) is 30.7 Å². The van der Waals surface area contributed by atoms with E-state index in [0.717, 1.165) is 0 Å². The minimum absolute atomic E-state index is 0.0213. The normalized spacial score (nSPS) is 21.5. The summed E-state index contributed by atoms with van der Waals surface area (Å²) in [5, 5.41) is 10.0. The summed E-state index contributed by atoms with van der Waals surface area (Å²) in [5.74, 6) is -1.99. The number of aromatic carboxylic acids is 1. The number of rotatable bonds is 1. The predicted octanol–water partition coefficient (Wildman–Crippen LogP) is 0.499. The van der Waals surface area contributed by atoms with Crippen LogP contribution in [0.15, 0.2) is 23.1 Å². The zero-order valence-electron chi connectivity index (χ0n) is 8.80. The van der Waals surface area contributed by atoms with Crippen molar-refractivity contribution in [3.05, 3.63) is 23.8 Å². The summed E-state index contributed by atoms with van der Waals surface area (Å²) < 4.78 is 24.0. The van der Waals surface area contributed by atoms with Gasteiger partial charge in [0.05, 0.1) is 11.3 Å². The highest BCUT2D eigenvalue weighted by Gasteiger charge is 2.39. The molecule has 1 aliphatic rings. The summed E-state index contributed by atoms with van der Waals surface area (Å²) in [6, 6.07) is 3.94. The SMILES string of the molecule is CC1C(=O)Nc2cccc(C(=O)O)c2S1(=O)=O. The summed E-state index contributed by atoms with van der Waals surface area (Å²) in [4.78, 5) is 22.1. The highest BCUT2D eigenvalue weighted by Crippen LogP contribution is 2.33. The highest BCUT2D eigenvalue weighted by molar-refractivity contribution is 7.93. The second-order valence-corrected chi connectivity index (χ2v) is 5.87. The first-order valence-electron chi connectivity index (χ1n) is 4.77. The first-order valence-corrected chi connectivity index (χ1v) is 6.31. The molecule has 1 unspecified atom stereocenters. The number of carbonyl (C=O) groups is 2. The molecule has 0 saturated heterocycles. The van der Waals surface area contributed by atoms with E-state index in [4.69, 9.17) is 5.11 Å². The van der Waals surface area contributed by atoms with Gasteiger partial charge in [0.2, 0.25) is 5.91 Å². The van der Waals surface area contributed by atoms with Crippen LogP contribution in [0.4, 0.5) is 5.69 Å². The Bertz CT molecular complexity index is 620. The molecule has 2 rings (SSSR count). The molecule has 1 heterocycles. The number of amides is 1. The van der Waals surface area contributed by atoms with Gasteiger partial charge >= 0.3 is 5.97 Å². The van der Waals surface area contributed by atoms with Gasteiger partial charge in [0.1, 0.15) is 10.1 Å². The predicted molar refractivity (Wildman–Crippen MR) is 58.7 cm³/mol. The van der Waals surface area contributed by atoms with Crippen LogP contribution in [0.25, 0.3) is 0 Å². The van der Waals surface area contributed by atoms with Crippen molar-refractivity contribution in [2.75, 3.05) is 5.32 Å². The minimum atomic E-state index is -3.94. The van der Waals surface area contributed by atoms with Crippen molar-refractivity contribution in [2.24, 2.45) is 0 Å². The Labute approximate surface area is 97.2 Å². The number of carboxylic acid groups (broad SMARTS) is 1. The van der Waals surface area contributed by atoms with Gasteiger partial charge in [-0.05, 0) is 19.1 Å². The molecule has 0 bridgehead atoms. The van der Waals surface area contributed by atoms with E-state index in [9.17, 15) is 18.0 Å². The second-order valence-electron chi connectivity index (χ2n) is 3.66. The lowest BCUT2D eigenvalue weighted by atomic mass is 10.2. The van der Waals surface area contributed by atoms with Gasteiger partial charge in [-0.3, -0.25) is 4.79 Å². The van der Waals surface area contributed by atoms with Crippen LogP contribution in [0.2, 0.25) is 0 Å². The van der Waals surface area contributed by atoms with E-state index in [1.807, 2.05) is 0 Å². The Morgan fingerprint density at radius 3 is 2.65 bits per heavy atom. The second kappa shape index (κ2) is 3.56. The van der Waals surface area contributed by atoms with Gasteiger partial charge in [0.25, 0.3) is 0 Å². The third-order valence-corrected chi connectivity index (χ3v) is 4.78. The Morgan fingerprint density at radius 1 is 1.41 bits per heavy atom. The summed E-state index contributed by atoms with van der Waals surface area (Å²) in [6.07, 6.45) is 0. The van der Waals surface area contributed by atoms with Gasteiger partial charge in [-0.2, -0.15) is 0 Å². The van der Waals surface area contributed by atoms with Gasteiger partial charge in [-0.15, -0.1) is 0 Å². The maximum atomic E-state index is 12.0. The van der Waals surface area contributed by atoms with Crippen LogP contribution < -0.4 is 5.32 Å². The minimum Gasteiger partial charge on any atom is -0.478 e. The van der Waals surface area contributed by atoms with Gasteiger partial charge in [0.15, 0.2) is 9.84 Å². The van der Waals surface area contributed by atoms with Gasteiger partial charge in [-0.25, -0.2) is 13.2 Å². The number of nitrogens with one attached hydrogen (secondary N) is 1. The van der Waals surface area contributed by atoms with Crippen LogP contribution in [0.1, 0.15) is 17.3 Å². The fourth-order valence-electron chi connectivity index (χ4n) is 1.66. The summed E-state index contributed by atoms with van der Waals surface area (Å²) >= 11 is 0. The van der Waals surface area contributed by atoms with E-state index < -0.39 is 27.0 Å². The zero-order chi connectivity index (χ0) is 12.8. The summed E-state index contributed by atoms with van der Waals surface area (Å²) in [5.41, 5.74) is -0.303. The molecule has 0 fully saturated rings. The van der Waals surface area contributed by atoms with E-state index in [0.29, 0.717) is 0 Å². The third kappa shape index (κ3) is 1.59. The number of hydrogen-bond donors (Lipinski definition) is 2. The number of carboxylic acids is 1. The Kier molecular flexibility index (Phi) is 2.43. The molecule has 0 saturated carbocycles. The van der Waals surface area contributed by atoms with Crippen LogP contribution in [0.3, 0.4) is 0 Å². The fraction of sp³-hybridized carbons (Fsp3) is 0.200. The Morgan fingerprint density at radius 2 is 2.06 bits per heavy atom. The summed E-state index contributed by atoms with van der Waals surface area (Å²) in [7, 11) is -3.94. The quantitative estimate of drug-likeness (QED) is 0.761. The molecular formula is C10H9NO5S. The van der Waals surface area contributed by atoms with E-state index in [2.05, 4.69) is 5.32 Å². The maximum absolute atomic E-state index is 12.0. The molecule has 0 aromatic heterocycles. The standard InChI is InChI=1S/C10H9NO5S/c1-5-9(12)11-7-4-2-3-6(10(13)14)8(7)17(5,15)16/h2-5H,1H3,(H,11,12)(H,13,14). The number of benzene rings is 1. The molecule has 1 atom stereocenters. The topological polar surface area (TPSA) is 101 Å². The van der Waals surface area contributed by atoms with Crippen LogP contribution in [-0.2, 0) is 14.6 Å². The lowest BCUT2D eigenvalue weighted by Crippen LogP contribution is -2.38. The lowest BCUT2D eigenvalue weighted by Gasteiger charge is -2.23. The van der Waals surface area contributed by atoms with E-state index in [1.54, 1.807) is 0 Å². The average molecular weight is 255 g/mol. The van der Waals surface area contributed by atoms with Crippen molar-refractivity contribution >= 4 is 27.4 Å². The smallest absolute Gasteiger partial charge is 0.337 e. The molecule has 0 spiro atoms. The largest absolute Gasteiger partial charge is 0.478 e. The molecule has 6 nitrogen and oxygen atoms in total. The molecule has 0 aliphatic carbocycles. The number of anilines is 1. The van der Waals surface area contributed by atoms with Crippen LogP contribution in [0.5, 0.6) is 0 Å². The number of carbonyl (C=O) groups excluding carboxylic acids is 1. The molecule has 1 aromatic rings. The number of fused-ring (bicyclic) bond motifs is 1. The zero-order valence-corrected chi connectivity index (χ0v) is 9.61. The maximum Gasteiger partial charge on any atom is 0.337 e. The van der Waals surface area contributed by atoms with Gasteiger partial charge in [-0.1, -0.05) is 6.07 Å². The van der Waals surface area contributed by atoms with Gasteiger partial charge in [0, 0.05) is 0 Å². The van der Waals surface area contributed by atoms with Crippen molar-refractivity contribution in [1.82, 2.24) is 0 Å². The van der Waals surface area contributed by atoms with Crippen LogP contribution >= 0.6 is 0 Å². The number of sulfone groups is 1. The van der Waals surface area contributed by atoms with Crippen molar-refractivity contribution < 1.29 is 23.1 Å². The summed E-state index contributed by atoms with van der Waals surface area (Å²) in [6.45, 7) is 1.23. The number of hydrogen-bond acceptors (Lipinski definition) is 4.